The van der Waals surface area contributed by atoms with E-state index in [0.29, 0.717) is 47.1 Å². The van der Waals surface area contributed by atoms with Gasteiger partial charge in [-0.1, -0.05) is 23.7 Å². The smallest absolute Gasteiger partial charge is 0.255 e. The minimum atomic E-state index is -0.618. The maximum atomic E-state index is 12.9. The van der Waals surface area contributed by atoms with Gasteiger partial charge in [0.25, 0.3) is 5.91 Å². The topological polar surface area (TPSA) is 110 Å². The highest BCUT2D eigenvalue weighted by atomic mass is 35.5. The molecule has 2 aromatic rings. The van der Waals surface area contributed by atoms with Crippen LogP contribution in [0, 0.1) is 12.8 Å². The van der Waals surface area contributed by atoms with Crippen molar-refractivity contribution in [3.05, 3.63) is 46.4 Å². The lowest BCUT2D eigenvalue weighted by molar-refractivity contribution is -0.134. The molecule has 1 aromatic carbocycles. The Bertz CT molecular complexity index is 953. The molecular weight excluding hydrogens is 430 g/mol. The molecule has 172 valence electrons. The third-order valence-corrected chi connectivity index (χ3v) is 6.21. The van der Waals surface area contributed by atoms with Crippen LogP contribution in [0.4, 0.5) is 5.82 Å². The number of methoxy groups -OCH3 is 1. The second kappa shape index (κ2) is 10.6. The number of hydrogen-bond acceptors (Lipinski definition) is 6. The normalized spacial score (nSPS) is 15.3. The number of hydrogen-bond donors (Lipinski definition) is 2. The third-order valence-electron chi connectivity index (χ3n) is 5.90. The van der Waals surface area contributed by atoms with E-state index in [1.807, 2.05) is 4.90 Å². The number of nitrogen functional groups attached to an aromatic ring is 1. The number of halogens is 1. The van der Waals surface area contributed by atoms with Crippen molar-refractivity contribution < 1.29 is 14.3 Å². The van der Waals surface area contributed by atoms with E-state index < -0.39 is 6.04 Å². The van der Waals surface area contributed by atoms with Gasteiger partial charge in [-0.25, -0.2) is 9.97 Å². The largest absolute Gasteiger partial charge is 0.496 e. The molecular formula is C23H30ClN5O3. The molecule has 2 heterocycles. The number of para-hydroxylation sites is 1. The van der Waals surface area contributed by atoms with Crippen molar-refractivity contribution in [1.29, 1.82) is 0 Å². The van der Waals surface area contributed by atoms with Crippen LogP contribution in [0.15, 0.2) is 24.3 Å². The van der Waals surface area contributed by atoms with E-state index >= 15 is 0 Å². The Morgan fingerprint density at radius 3 is 2.62 bits per heavy atom. The monoisotopic (exact) mass is 459 g/mol. The molecule has 0 radical (unpaired) electrons. The Labute approximate surface area is 193 Å². The molecule has 9 heteroatoms. The summed E-state index contributed by atoms with van der Waals surface area (Å²) >= 11 is 6.23. The summed E-state index contributed by atoms with van der Waals surface area (Å²) in [6, 6.07) is 6.33. The average molecular weight is 460 g/mol. The SMILES string of the molecule is COc1ccccc1C(=O)N[C@@H](C)C(=O)N1CCC(CCc2c(N)nc(C)nc2Cl)CC1. The summed E-state index contributed by atoms with van der Waals surface area (Å²) in [5.41, 5.74) is 7.21. The van der Waals surface area contributed by atoms with Crippen LogP contribution in [-0.4, -0.2) is 52.9 Å². The number of aromatic nitrogens is 2. The first-order valence-electron chi connectivity index (χ1n) is 10.8. The molecule has 0 aliphatic carbocycles. The van der Waals surface area contributed by atoms with Crippen molar-refractivity contribution in [3.8, 4) is 5.75 Å². The molecule has 1 atom stereocenters. The number of likely N-dealkylation sites (tertiary alicyclic amines) is 1. The lowest BCUT2D eigenvalue weighted by Crippen LogP contribution is -2.49. The molecule has 1 saturated heterocycles. The summed E-state index contributed by atoms with van der Waals surface area (Å²) in [4.78, 5) is 35.6. The van der Waals surface area contributed by atoms with E-state index in [9.17, 15) is 9.59 Å². The summed E-state index contributed by atoms with van der Waals surface area (Å²) < 4.78 is 5.23. The molecule has 3 N–H and O–H groups in total. The molecule has 0 spiro atoms. The molecule has 1 fully saturated rings. The quantitative estimate of drug-likeness (QED) is 0.616. The fraction of sp³-hybridized carbons (Fsp3) is 0.478. The molecule has 3 rings (SSSR count). The van der Waals surface area contributed by atoms with Crippen molar-refractivity contribution in [2.75, 3.05) is 25.9 Å². The van der Waals surface area contributed by atoms with Gasteiger partial charge in [-0.3, -0.25) is 9.59 Å². The van der Waals surface area contributed by atoms with Crippen LogP contribution in [0.2, 0.25) is 5.15 Å². The summed E-state index contributed by atoms with van der Waals surface area (Å²) in [6.45, 7) is 4.79. The second-order valence-corrected chi connectivity index (χ2v) is 8.49. The lowest BCUT2D eigenvalue weighted by Gasteiger charge is -2.34. The number of carbonyl (C=O) groups is 2. The van der Waals surface area contributed by atoms with Crippen LogP contribution in [0.25, 0.3) is 0 Å². The first-order chi connectivity index (χ1) is 15.3. The molecule has 1 aromatic heterocycles. The van der Waals surface area contributed by atoms with Crippen molar-refractivity contribution in [2.24, 2.45) is 5.92 Å². The predicted octanol–water partition coefficient (Wildman–Crippen LogP) is 3.02. The lowest BCUT2D eigenvalue weighted by atomic mass is 9.90. The molecule has 1 aliphatic heterocycles. The van der Waals surface area contributed by atoms with E-state index in [4.69, 9.17) is 22.1 Å². The van der Waals surface area contributed by atoms with E-state index in [2.05, 4.69) is 15.3 Å². The highest BCUT2D eigenvalue weighted by Gasteiger charge is 2.27. The number of amides is 2. The van der Waals surface area contributed by atoms with Crippen LogP contribution in [-0.2, 0) is 11.2 Å². The Balaban J connectivity index is 1.49. The minimum absolute atomic E-state index is 0.0779. The summed E-state index contributed by atoms with van der Waals surface area (Å²) in [5.74, 6) is 1.54. The maximum absolute atomic E-state index is 12.9. The number of carbonyl (C=O) groups excluding carboxylic acids is 2. The number of rotatable bonds is 7. The first kappa shape index (κ1) is 23.8. The van der Waals surface area contributed by atoms with Crippen LogP contribution in [0.5, 0.6) is 5.75 Å². The zero-order valence-corrected chi connectivity index (χ0v) is 19.5. The highest BCUT2D eigenvalue weighted by Crippen LogP contribution is 2.27. The van der Waals surface area contributed by atoms with Gasteiger partial charge in [0.05, 0.1) is 12.7 Å². The molecule has 1 aliphatic rings. The van der Waals surface area contributed by atoms with Crippen molar-refractivity contribution >= 4 is 29.2 Å². The van der Waals surface area contributed by atoms with E-state index in [1.54, 1.807) is 38.1 Å². The van der Waals surface area contributed by atoms with E-state index in [1.165, 1.54) is 7.11 Å². The molecule has 8 nitrogen and oxygen atoms in total. The molecule has 0 saturated carbocycles. The average Bonchev–Trinajstić information content (AvgIpc) is 2.78. The Hall–Kier alpha value is -2.87. The fourth-order valence-corrected chi connectivity index (χ4v) is 4.36. The predicted molar refractivity (Wildman–Crippen MR) is 124 cm³/mol. The Morgan fingerprint density at radius 1 is 1.28 bits per heavy atom. The first-order valence-corrected chi connectivity index (χ1v) is 11.2. The molecule has 2 amide bonds. The third kappa shape index (κ3) is 5.68. The summed E-state index contributed by atoms with van der Waals surface area (Å²) in [6.07, 6.45) is 3.42. The van der Waals surface area contributed by atoms with Crippen LogP contribution >= 0.6 is 11.6 Å². The van der Waals surface area contributed by atoms with Gasteiger partial charge in [-0.2, -0.15) is 0 Å². The van der Waals surface area contributed by atoms with Crippen LogP contribution < -0.4 is 15.8 Å². The number of anilines is 1. The van der Waals surface area contributed by atoms with Gasteiger partial charge in [0.15, 0.2) is 0 Å². The second-order valence-electron chi connectivity index (χ2n) is 8.13. The van der Waals surface area contributed by atoms with Crippen molar-refractivity contribution in [1.82, 2.24) is 20.2 Å². The van der Waals surface area contributed by atoms with Crippen molar-refractivity contribution in [2.45, 2.75) is 45.6 Å². The number of ether oxygens (including phenoxy) is 1. The molecule has 0 bridgehead atoms. The number of aryl methyl sites for hydroxylation is 1. The number of piperidine rings is 1. The van der Waals surface area contributed by atoms with E-state index in [-0.39, 0.29) is 11.8 Å². The zero-order chi connectivity index (χ0) is 23.3. The Kier molecular flexibility index (Phi) is 7.90. The van der Waals surface area contributed by atoms with Gasteiger partial charge >= 0.3 is 0 Å². The molecule has 32 heavy (non-hydrogen) atoms. The summed E-state index contributed by atoms with van der Waals surface area (Å²) in [5, 5.41) is 3.21. The fourth-order valence-electron chi connectivity index (χ4n) is 4.05. The van der Waals surface area contributed by atoms with E-state index in [0.717, 1.165) is 31.2 Å². The molecule has 0 unspecified atom stereocenters. The van der Waals surface area contributed by atoms with Gasteiger partial charge in [0.1, 0.15) is 28.6 Å². The standard InChI is InChI=1S/C23H30ClN5O3/c1-14(26-22(30)17-6-4-5-7-19(17)32-3)23(31)29-12-10-16(11-13-29)8-9-18-20(24)27-15(2)28-21(18)25/h4-7,14,16H,8-13H2,1-3H3,(H,26,30)(H2,25,27,28)/t14-/m0/s1. The van der Waals surface area contributed by atoms with Gasteiger partial charge in [-0.05, 0) is 57.6 Å². The Morgan fingerprint density at radius 2 is 1.97 bits per heavy atom. The van der Waals surface area contributed by atoms with Crippen molar-refractivity contribution in [3.63, 3.8) is 0 Å². The van der Waals surface area contributed by atoms with Crippen LogP contribution in [0.3, 0.4) is 0 Å². The van der Waals surface area contributed by atoms with Gasteiger partial charge in [-0.15, -0.1) is 0 Å². The van der Waals surface area contributed by atoms with Crippen LogP contribution in [0.1, 0.15) is 47.9 Å². The maximum Gasteiger partial charge on any atom is 0.255 e. The number of nitrogens with two attached hydrogens (primary N) is 1. The highest BCUT2D eigenvalue weighted by molar-refractivity contribution is 6.30. The number of nitrogens with one attached hydrogen (secondary N) is 1. The number of nitrogens with zero attached hydrogens (tertiary/aromatic N) is 3. The van der Waals surface area contributed by atoms with Gasteiger partial charge in [0, 0.05) is 18.7 Å². The van der Waals surface area contributed by atoms with Gasteiger partial charge in [0.2, 0.25) is 5.91 Å². The zero-order valence-electron chi connectivity index (χ0n) is 18.7. The number of benzene rings is 1. The van der Waals surface area contributed by atoms with Gasteiger partial charge < -0.3 is 20.7 Å². The summed E-state index contributed by atoms with van der Waals surface area (Å²) in [7, 11) is 1.51. The minimum Gasteiger partial charge on any atom is -0.496 e.